The van der Waals surface area contributed by atoms with Gasteiger partial charge in [-0.25, -0.2) is 0 Å². The van der Waals surface area contributed by atoms with Crippen LogP contribution in [0, 0.1) is 10.1 Å². The molecular weight excluding hydrogens is 284 g/mol. The molecule has 0 aliphatic rings. The van der Waals surface area contributed by atoms with E-state index in [1.54, 1.807) is 6.20 Å². The van der Waals surface area contributed by atoms with Crippen molar-refractivity contribution in [1.82, 2.24) is 4.98 Å². The average Bonchev–Trinajstić information content (AvgIpc) is 2.33. The number of rotatable bonds is 2. The predicted molar refractivity (Wildman–Crippen MR) is 70.1 cm³/mol. The molecule has 2 rings (SSSR count). The molecular formula is C12H9BrN2O2. The Morgan fingerprint density at radius 2 is 2.24 bits per heavy atom. The van der Waals surface area contributed by atoms with E-state index in [2.05, 4.69) is 20.9 Å². The highest BCUT2D eigenvalue weighted by atomic mass is 79.9. The second-order valence-corrected chi connectivity index (χ2v) is 4.43. The molecule has 1 aromatic heterocycles. The second-order valence-electron chi connectivity index (χ2n) is 3.58. The van der Waals surface area contributed by atoms with Crippen molar-refractivity contribution >= 4 is 32.9 Å². The van der Waals surface area contributed by atoms with Crippen molar-refractivity contribution in [2.75, 3.05) is 0 Å². The summed E-state index contributed by atoms with van der Waals surface area (Å²) in [5.74, 6) is 0. The summed E-state index contributed by atoms with van der Waals surface area (Å²) in [5.41, 5.74) is 1.60. The molecule has 86 valence electrons. The van der Waals surface area contributed by atoms with Crippen LogP contribution in [0.15, 0.2) is 40.6 Å². The molecule has 0 unspecified atom stereocenters. The molecule has 0 saturated heterocycles. The number of halogens is 1. The van der Waals surface area contributed by atoms with E-state index < -0.39 is 4.92 Å². The van der Waals surface area contributed by atoms with Crippen molar-refractivity contribution in [3.05, 3.63) is 56.3 Å². The van der Waals surface area contributed by atoms with Gasteiger partial charge in [-0.3, -0.25) is 15.1 Å². The molecule has 0 bridgehead atoms. The topological polar surface area (TPSA) is 56.0 Å². The van der Waals surface area contributed by atoms with Gasteiger partial charge in [-0.1, -0.05) is 28.1 Å². The molecule has 0 fully saturated rings. The number of nitrogens with zero attached hydrogens (tertiary/aromatic N) is 2. The summed E-state index contributed by atoms with van der Waals surface area (Å²) in [5, 5.41) is 11.6. The zero-order valence-electron chi connectivity index (χ0n) is 9.05. The number of fused-ring (bicyclic) bond motifs is 1. The van der Waals surface area contributed by atoms with Crippen LogP contribution in [0.3, 0.4) is 0 Å². The summed E-state index contributed by atoms with van der Waals surface area (Å²) in [6, 6.07) is 7.43. The van der Waals surface area contributed by atoms with E-state index in [-0.39, 0.29) is 5.70 Å². The molecule has 0 atom stereocenters. The third-order valence-electron chi connectivity index (χ3n) is 2.40. The number of nitro groups is 1. The first-order valence-electron chi connectivity index (χ1n) is 4.95. The Kier molecular flexibility index (Phi) is 3.19. The zero-order valence-corrected chi connectivity index (χ0v) is 10.6. The first-order valence-corrected chi connectivity index (χ1v) is 5.75. The number of allylic oxidation sites excluding steroid dienone is 1. The van der Waals surface area contributed by atoms with Gasteiger partial charge in [0.15, 0.2) is 0 Å². The molecule has 2 aromatic rings. The summed E-state index contributed by atoms with van der Waals surface area (Å²) < 4.78 is 0.927. The fraction of sp³-hybridized carbons (Fsp3) is 0.0833. The van der Waals surface area contributed by atoms with Crippen molar-refractivity contribution in [3.63, 3.8) is 0 Å². The molecule has 1 aromatic carbocycles. The van der Waals surface area contributed by atoms with Gasteiger partial charge < -0.3 is 0 Å². The van der Waals surface area contributed by atoms with Crippen LogP contribution < -0.4 is 0 Å². The number of benzene rings is 1. The Labute approximate surface area is 106 Å². The van der Waals surface area contributed by atoms with Crippen LogP contribution in [0.25, 0.3) is 17.0 Å². The van der Waals surface area contributed by atoms with Gasteiger partial charge in [0.2, 0.25) is 5.70 Å². The van der Waals surface area contributed by atoms with E-state index in [4.69, 9.17) is 0 Å². The molecule has 0 radical (unpaired) electrons. The van der Waals surface area contributed by atoms with Gasteiger partial charge in [0.1, 0.15) is 0 Å². The van der Waals surface area contributed by atoms with Crippen molar-refractivity contribution in [2.45, 2.75) is 6.92 Å². The number of hydrogen-bond acceptors (Lipinski definition) is 3. The van der Waals surface area contributed by atoms with E-state index in [9.17, 15) is 10.1 Å². The Morgan fingerprint density at radius 1 is 1.47 bits per heavy atom. The number of aromatic nitrogens is 1. The summed E-state index contributed by atoms with van der Waals surface area (Å²) in [6.45, 7) is 1.47. The first kappa shape index (κ1) is 11.7. The zero-order chi connectivity index (χ0) is 12.4. The van der Waals surface area contributed by atoms with Crippen LogP contribution in [0.5, 0.6) is 0 Å². The lowest BCUT2D eigenvalue weighted by atomic mass is 10.1. The molecule has 5 heteroatoms. The summed E-state index contributed by atoms with van der Waals surface area (Å²) in [4.78, 5) is 14.5. The highest BCUT2D eigenvalue weighted by molar-refractivity contribution is 9.10. The lowest BCUT2D eigenvalue weighted by Gasteiger charge is -2.03. The largest absolute Gasteiger partial charge is 0.259 e. The minimum atomic E-state index is -0.406. The fourth-order valence-corrected chi connectivity index (χ4v) is 2.01. The molecule has 4 nitrogen and oxygen atoms in total. The minimum Gasteiger partial charge on any atom is -0.259 e. The standard InChI is InChI=1S/C12H9BrN2O2/c1-8(15(16)17)7-9-4-5-11(13)10-3-2-6-14-12(9)10/h2-7H,1H3/b8-7-. The third-order valence-corrected chi connectivity index (χ3v) is 3.09. The second kappa shape index (κ2) is 4.63. The van der Waals surface area contributed by atoms with Gasteiger partial charge in [0, 0.05) is 34.6 Å². The van der Waals surface area contributed by atoms with Crippen LogP contribution >= 0.6 is 15.9 Å². The van der Waals surface area contributed by atoms with Gasteiger partial charge >= 0.3 is 0 Å². The summed E-state index contributed by atoms with van der Waals surface area (Å²) in [6.07, 6.45) is 3.20. The maximum atomic E-state index is 10.6. The van der Waals surface area contributed by atoms with E-state index in [0.717, 1.165) is 20.9 Å². The predicted octanol–water partition coefficient (Wildman–Crippen LogP) is 3.63. The van der Waals surface area contributed by atoms with Gasteiger partial charge in [-0.05, 0) is 12.1 Å². The van der Waals surface area contributed by atoms with E-state index in [1.807, 2.05) is 24.3 Å². The van der Waals surface area contributed by atoms with Gasteiger partial charge in [0.05, 0.1) is 10.4 Å². The van der Waals surface area contributed by atoms with Crippen molar-refractivity contribution in [1.29, 1.82) is 0 Å². The SMILES string of the molecule is C/C(=C/c1ccc(Br)c2cccnc12)[N+](=O)[O-]. The Bertz CT molecular complexity index is 623. The van der Waals surface area contributed by atoms with Crippen molar-refractivity contribution < 1.29 is 4.92 Å². The number of pyridine rings is 1. The highest BCUT2D eigenvalue weighted by Gasteiger charge is 2.07. The van der Waals surface area contributed by atoms with Crippen LogP contribution in [-0.4, -0.2) is 9.91 Å². The van der Waals surface area contributed by atoms with Crippen LogP contribution in [-0.2, 0) is 0 Å². The fourth-order valence-electron chi connectivity index (χ4n) is 1.55. The third kappa shape index (κ3) is 2.34. The minimum absolute atomic E-state index is 0.0966. The van der Waals surface area contributed by atoms with Crippen molar-refractivity contribution in [3.8, 4) is 0 Å². The number of hydrogen-bond donors (Lipinski definition) is 0. The van der Waals surface area contributed by atoms with E-state index >= 15 is 0 Å². The maximum Gasteiger partial charge on any atom is 0.243 e. The smallest absolute Gasteiger partial charge is 0.243 e. The summed E-state index contributed by atoms with van der Waals surface area (Å²) >= 11 is 3.43. The van der Waals surface area contributed by atoms with Gasteiger partial charge in [-0.2, -0.15) is 0 Å². The quantitative estimate of drug-likeness (QED) is 0.627. The molecule has 0 aliphatic heterocycles. The lowest BCUT2D eigenvalue weighted by Crippen LogP contribution is -1.93. The normalized spacial score (nSPS) is 11.8. The summed E-state index contributed by atoms with van der Waals surface area (Å²) in [7, 11) is 0. The highest BCUT2D eigenvalue weighted by Crippen LogP contribution is 2.26. The van der Waals surface area contributed by atoms with Crippen molar-refractivity contribution in [2.24, 2.45) is 0 Å². The molecule has 0 spiro atoms. The molecule has 0 saturated carbocycles. The average molecular weight is 293 g/mol. The molecule has 0 aliphatic carbocycles. The van der Waals surface area contributed by atoms with Crippen LogP contribution in [0.4, 0.5) is 0 Å². The van der Waals surface area contributed by atoms with Crippen LogP contribution in [0.2, 0.25) is 0 Å². The van der Waals surface area contributed by atoms with E-state index in [1.165, 1.54) is 13.0 Å². The lowest BCUT2D eigenvalue weighted by molar-refractivity contribution is -0.422. The molecule has 1 heterocycles. The Hall–Kier alpha value is -1.75. The molecule has 0 amide bonds. The Morgan fingerprint density at radius 3 is 2.94 bits per heavy atom. The van der Waals surface area contributed by atoms with Gasteiger partial charge in [0.25, 0.3) is 0 Å². The molecule has 17 heavy (non-hydrogen) atoms. The monoisotopic (exact) mass is 292 g/mol. The van der Waals surface area contributed by atoms with Gasteiger partial charge in [-0.15, -0.1) is 0 Å². The first-order chi connectivity index (χ1) is 8.09. The Balaban J connectivity index is 2.68. The molecule has 0 N–H and O–H groups in total. The van der Waals surface area contributed by atoms with Crippen LogP contribution in [0.1, 0.15) is 12.5 Å². The maximum absolute atomic E-state index is 10.6. The van der Waals surface area contributed by atoms with E-state index in [0.29, 0.717) is 0 Å².